The van der Waals surface area contributed by atoms with Crippen molar-refractivity contribution < 1.29 is 4.79 Å². The van der Waals surface area contributed by atoms with E-state index >= 15 is 0 Å². The topological polar surface area (TPSA) is 55.1 Å². The summed E-state index contributed by atoms with van der Waals surface area (Å²) in [5.74, 6) is 0.320. The minimum atomic E-state index is -0.356. The molecule has 3 nitrogen and oxygen atoms in total. The van der Waals surface area contributed by atoms with Crippen LogP contribution in [-0.2, 0) is 4.79 Å². The lowest BCUT2D eigenvalue weighted by Crippen LogP contribution is -2.56. The molecular formula is C15H24BrClN2OS. The molecule has 120 valence electrons. The van der Waals surface area contributed by atoms with Crippen LogP contribution >= 0.6 is 40.1 Å². The van der Waals surface area contributed by atoms with Gasteiger partial charge in [0.25, 0.3) is 0 Å². The Morgan fingerprint density at radius 3 is 2.29 bits per heavy atom. The minimum absolute atomic E-state index is 0. The van der Waals surface area contributed by atoms with E-state index < -0.39 is 0 Å². The van der Waals surface area contributed by atoms with E-state index in [2.05, 4.69) is 35.1 Å². The molecule has 0 spiro atoms. The Morgan fingerprint density at radius 1 is 1.33 bits per heavy atom. The first kappa shape index (κ1) is 20.8. The molecule has 2 atom stereocenters. The summed E-state index contributed by atoms with van der Waals surface area (Å²) < 4.78 is 1.04. The fraction of sp³-hybridized carbons (Fsp3) is 0.533. The maximum absolute atomic E-state index is 12.3. The SMILES string of the molecule is CC(Sc1ccc(Br)cc1)C(=O)NC(C)(CN)C(C)C.Cl. The van der Waals surface area contributed by atoms with Crippen molar-refractivity contribution >= 4 is 46.0 Å². The summed E-state index contributed by atoms with van der Waals surface area (Å²) in [6.07, 6.45) is 0. The van der Waals surface area contributed by atoms with Crippen molar-refractivity contribution in [2.24, 2.45) is 11.7 Å². The number of benzene rings is 1. The van der Waals surface area contributed by atoms with E-state index in [0.29, 0.717) is 12.5 Å². The Hall–Kier alpha value is -0.230. The highest BCUT2D eigenvalue weighted by atomic mass is 79.9. The summed E-state index contributed by atoms with van der Waals surface area (Å²) in [4.78, 5) is 13.4. The normalized spacial score (nSPS) is 15.0. The molecule has 21 heavy (non-hydrogen) atoms. The molecule has 0 bridgehead atoms. The largest absolute Gasteiger partial charge is 0.348 e. The molecule has 6 heteroatoms. The van der Waals surface area contributed by atoms with Crippen molar-refractivity contribution in [3.8, 4) is 0 Å². The van der Waals surface area contributed by atoms with Crippen LogP contribution in [-0.4, -0.2) is 23.2 Å². The first-order chi connectivity index (χ1) is 9.28. The molecular weight excluding hydrogens is 372 g/mol. The van der Waals surface area contributed by atoms with Gasteiger partial charge in [0.2, 0.25) is 5.91 Å². The highest BCUT2D eigenvalue weighted by Crippen LogP contribution is 2.26. The van der Waals surface area contributed by atoms with Crippen molar-refractivity contribution in [2.75, 3.05) is 6.54 Å². The zero-order valence-electron chi connectivity index (χ0n) is 12.9. The Kier molecular flexibility index (Phi) is 8.93. The van der Waals surface area contributed by atoms with Crippen LogP contribution < -0.4 is 11.1 Å². The van der Waals surface area contributed by atoms with Gasteiger partial charge in [-0.1, -0.05) is 29.8 Å². The van der Waals surface area contributed by atoms with E-state index in [1.807, 2.05) is 38.1 Å². The van der Waals surface area contributed by atoms with Crippen molar-refractivity contribution in [3.05, 3.63) is 28.7 Å². The molecule has 0 saturated carbocycles. The molecule has 0 saturated heterocycles. The van der Waals surface area contributed by atoms with Crippen molar-refractivity contribution in [1.29, 1.82) is 0 Å². The average Bonchev–Trinajstić information content (AvgIpc) is 2.40. The predicted molar refractivity (Wildman–Crippen MR) is 97.1 cm³/mol. The summed E-state index contributed by atoms with van der Waals surface area (Å²) >= 11 is 4.95. The lowest BCUT2D eigenvalue weighted by atomic mass is 9.88. The minimum Gasteiger partial charge on any atom is -0.348 e. The maximum atomic E-state index is 12.3. The quantitative estimate of drug-likeness (QED) is 0.719. The number of rotatable bonds is 6. The van der Waals surface area contributed by atoms with E-state index in [9.17, 15) is 4.79 Å². The highest BCUT2D eigenvalue weighted by Gasteiger charge is 2.30. The van der Waals surface area contributed by atoms with Crippen LogP contribution in [0, 0.1) is 5.92 Å². The van der Waals surface area contributed by atoms with Gasteiger partial charge in [0, 0.05) is 15.9 Å². The number of nitrogens with one attached hydrogen (secondary N) is 1. The van der Waals surface area contributed by atoms with Crippen LogP contribution in [0.15, 0.2) is 33.6 Å². The number of halogens is 2. The number of hydrogen-bond acceptors (Lipinski definition) is 3. The van der Waals surface area contributed by atoms with Gasteiger partial charge < -0.3 is 11.1 Å². The van der Waals surface area contributed by atoms with Gasteiger partial charge in [0.15, 0.2) is 0 Å². The summed E-state index contributed by atoms with van der Waals surface area (Å²) in [6, 6.07) is 7.96. The Labute approximate surface area is 146 Å². The lowest BCUT2D eigenvalue weighted by Gasteiger charge is -2.34. The second kappa shape index (κ2) is 9.03. The molecule has 0 aliphatic carbocycles. The number of nitrogens with two attached hydrogens (primary N) is 1. The zero-order chi connectivity index (χ0) is 15.3. The van der Waals surface area contributed by atoms with Crippen LogP contribution in [0.3, 0.4) is 0 Å². The molecule has 1 amide bonds. The molecule has 1 aromatic rings. The van der Waals surface area contributed by atoms with Gasteiger partial charge >= 0.3 is 0 Å². The number of carbonyl (C=O) groups is 1. The highest BCUT2D eigenvalue weighted by molar-refractivity contribution is 9.10. The van der Waals surface area contributed by atoms with E-state index in [-0.39, 0.29) is 29.1 Å². The van der Waals surface area contributed by atoms with E-state index in [1.54, 1.807) is 11.8 Å². The van der Waals surface area contributed by atoms with Gasteiger partial charge in [-0.15, -0.1) is 24.2 Å². The molecule has 2 unspecified atom stereocenters. The second-order valence-electron chi connectivity index (χ2n) is 5.48. The summed E-state index contributed by atoms with van der Waals surface area (Å²) in [5.41, 5.74) is 5.44. The predicted octanol–water partition coefficient (Wildman–Crippen LogP) is 3.84. The van der Waals surface area contributed by atoms with Crippen molar-refractivity contribution in [2.45, 2.75) is 43.4 Å². The number of hydrogen-bond donors (Lipinski definition) is 2. The molecule has 3 N–H and O–H groups in total. The van der Waals surface area contributed by atoms with Crippen LogP contribution in [0.25, 0.3) is 0 Å². The first-order valence-electron chi connectivity index (χ1n) is 6.73. The molecule has 0 aliphatic heterocycles. The van der Waals surface area contributed by atoms with Crippen LogP contribution in [0.4, 0.5) is 0 Å². The Morgan fingerprint density at radius 2 is 1.86 bits per heavy atom. The number of carbonyl (C=O) groups excluding carboxylic acids is 1. The third kappa shape index (κ3) is 6.19. The number of thioether (sulfide) groups is 1. The Bertz CT molecular complexity index is 455. The zero-order valence-corrected chi connectivity index (χ0v) is 16.1. The molecule has 0 fully saturated rings. The smallest absolute Gasteiger partial charge is 0.233 e. The Balaban J connectivity index is 0.00000400. The molecule has 0 radical (unpaired) electrons. The van der Waals surface area contributed by atoms with Gasteiger partial charge in [0.1, 0.15) is 0 Å². The third-order valence-corrected chi connectivity index (χ3v) is 5.24. The van der Waals surface area contributed by atoms with Gasteiger partial charge in [0.05, 0.1) is 10.8 Å². The summed E-state index contributed by atoms with van der Waals surface area (Å²) in [7, 11) is 0. The van der Waals surface area contributed by atoms with E-state index in [4.69, 9.17) is 5.73 Å². The third-order valence-electron chi connectivity index (χ3n) is 3.60. The fourth-order valence-corrected chi connectivity index (χ4v) is 2.72. The second-order valence-corrected chi connectivity index (χ2v) is 7.81. The fourth-order valence-electron chi connectivity index (χ4n) is 1.58. The van der Waals surface area contributed by atoms with Gasteiger partial charge in [-0.2, -0.15) is 0 Å². The van der Waals surface area contributed by atoms with Crippen molar-refractivity contribution in [1.82, 2.24) is 5.32 Å². The summed E-state index contributed by atoms with van der Waals surface area (Å²) in [5, 5.41) is 2.93. The summed E-state index contributed by atoms with van der Waals surface area (Å²) in [6.45, 7) is 8.48. The van der Waals surface area contributed by atoms with Gasteiger partial charge in [-0.3, -0.25) is 4.79 Å². The molecule has 0 aliphatic rings. The standard InChI is InChI=1S/C15H23BrN2OS.ClH/c1-10(2)15(4,9-17)18-14(19)11(3)20-13-7-5-12(16)6-8-13;/h5-8,10-11H,9,17H2,1-4H3,(H,18,19);1H. The number of amides is 1. The van der Waals surface area contributed by atoms with Crippen LogP contribution in [0.2, 0.25) is 0 Å². The van der Waals surface area contributed by atoms with Gasteiger partial charge in [-0.25, -0.2) is 0 Å². The van der Waals surface area contributed by atoms with E-state index in [1.165, 1.54) is 0 Å². The molecule has 0 heterocycles. The lowest BCUT2D eigenvalue weighted by molar-refractivity contribution is -0.122. The molecule has 1 rings (SSSR count). The van der Waals surface area contributed by atoms with Gasteiger partial charge in [-0.05, 0) is 44.0 Å². The first-order valence-corrected chi connectivity index (χ1v) is 8.40. The van der Waals surface area contributed by atoms with E-state index in [0.717, 1.165) is 9.37 Å². The van der Waals surface area contributed by atoms with Crippen LogP contribution in [0.1, 0.15) is 27.7 Å². The monoisotopic (exact) mass is 394 g/mol. The average molecular weight is 396 g/mol. The maximum Gasteiger partial charge on any atom is 0.233 e. The van der Waals surface area contributed by atoms with Crippen molar-refractivity contribution in [3.63, 3.8) is 0 Å². The van der Waals surface area contributed by atoms with Crippen LogP contribution in [0.5, 0.6) is 0 Å². The molecule has 0 aromatic heterocycles. The molecule has 1 aromatic carbocycles.